The highest BCUT2D eigenvalue weighted by molar-refractivity contribution is 6.35. The van der Waals surface area contributed by atoms with Crippen molar-refractivity contribution in [2.45, 2.75) is 12.9 Å². The number of rotatable bonds is 5. The maximum Gasteiger partial charge on any atom is 0.573 e. The Hall–Kier alpha value is -2.81. The van der Waals surface area contributed by atoms with Gasteiger partial charge >= 0.3 is 6.36 Å². The summed E-state index contributed by atoms with van der Waals surface area (Å²) >= 11 is 6.37. The molecule has 0 saturated carbocycles. The van der Waals surface area contributed by atoms with Crippen LogP contribution >= 0.6 is 11.6 Å². The maximum absolute atomic E-state index is 12.7. The third-order valence-electron chi connectivity index (χ3n) is 5.78. The predicted molar refractivity (Wildman–Crippen MR) is 122 cm³/mol. The van der Waals surface area contributed by atoms with E-state index in [-0.39, 0.29) is 5.75 Å². The van der Waals surface area contributed by atoms with Gasteiger partial charge in [0.15, 0.2) is 0 Å². The Morgan fingerprint density at radius 2 is 1.79 bits per heavy atom. The zero-order chi connectivity index (χ0) is 23.0. The molecule has 1 aliphatic rings. The fourth-order valence-electron chi connectivity index (χ4n) is 4.22. The summed E-state index contributed by atoms with van der Waals surface area (Å²) in [4.78, 5) is 7.09. The zero-order valence-corrected chi connectivity index (χ0v) is 18.4. The van der Waals surface area contributed by atoms with Gasteiger partial charge in [0.2, 0.25) is 0 Å². The first-order valence-corrected chi connectivity index (χ1v) is 11.0. The number of fused-ring (bicyclic) bond motifs is 2. The van der Waals surface area contributed by atoms with Gasteiger partial charge < -0.3 is 14.0 Å². The molecule has 1 saturated heterocycles. The molecule has 1 aliphatic heterocycles. The zero-order valence-electron chi connectivity index (χ0n) is 17.6. The summed E-state index contributed by atoms with van der Waals surface area (Å²) in [7, 11) is 0. The van der Waals surface area contributed by atoms with Crippen molar-refractivity contribution in [3.63, 3.8) is 0 Å². The second-order valence-corrected chi connectivity index (χ2v) is 8.32. The van der Waals surface area contributed by atoms with Gasteiger partial charge in [-0.1, -0.05) is 29.8 Å². The van der Waals surface area contributed by atoms with Crippen LogP contribution < -0.4 is 4.74 Å². The lowest BCUT2D eigenvalue weighted by molar-refractivity contribution is -0.274. The molecule has 4 aromatic rings. The van der Waals surface area contributed by atoms with E-state index >= 15 is 0 Å². The average molecular weight is 476 g/mol. The van der Waals surface area contributed by atoms with E-state index in [4.69, 9.17) is 21.3 Å². The van der Waals surface area contributed by atoms with Gasteiger partial charge in [-0.25, -0.2) is 4.98 Å². The van der Waals surface area contributed by atoms with Crippen LogP contribution in [0.4, 0.5) is 13.2 Å². The van der Waals surface area contributed by atoms with E-state index in [0.29, 0.717) is 41.4 Å². The van der Waals surface area contributed by atoms with Gasteiger partial charge in [-0.15, -0.1) is 13.2 Å². The third kappa shape index (κ3) is 4.78. The standard InChI is InChI=1S/C24H21ClF3N3O2/c25-19-3-1-2-16-4-6-20(29-23(16)19)22-15-17-14-18(33-24(26,27)28)5-7-21(17)31(22)9-8-30-10-12-32-13-11-30/h1-7,14-15H,8-13H2. The molecule has 0 bridgehead atoms. The van der Waals surface area contributed by atoms with Gasteiger partial charge in [0.25, 0.3) is 0 Å². The SMILES string of the molecule is FC(F)(F)Oc1ccc2c(c1)cc(-c1ccc3cccc(Cl)c3n1)n2CCN1CCOCC1. The van der Waals surface area contributed by atoms with E-state index in [1.54, 1.807) is 12.1 Å². The second-order valence-electron chi connectivity index (χ2n) is 7.91. The second kappa shape index (κ2) is 8.85. The number of pyridine rings is 1. The highest BCUT2D eigenvalue weighted by atomic mass is 35.5. The summed E-state index contributed by atoms with van der Waals surface area (Å²) in [5.41, 5.74) is 3.01. The van der Waals surface area contributed by atoms with Crippen LogP contribution in [0.2, 0.25) is 5.02 Å². The van der Waals surface area contributed by atoms with Gasteiger partial charge in [0.1, 0.15) is 5.75 Å². The smallest absolute Gasteiger partial charge is 0.406 e. The van der Waals surface area contributed by atoms with E-state index in [0.717, 1.165) is 36.2 Å². The van der Waals surface area contributed by atoms with Crippen molar-refractivity contribution in [1.82, 2.24) is 14.5 Å². The largest absolute Gasteiger partial charge is 0.573 e. The van der Waals surface area contributed by atoms with E-state index in [1.165, 1.54) is 12.1 Å². The quantitative estimate of drug-likeness (QED) is 0.369. The summed E-state index contributed by atoms with van der Waals surface area (Å²) in [5.74, 6) is -0.249. The van der Waals surface area contributed by atoms with Crippen LogP contribution in [0.5, 0.6) is 5.75 Å². The fraction of sp³-hybridized carbons (Fsp3) is 0.292. The number of halogens is 4. The van der Waals surface area contributed by atoms with Crippen LogP contribution in [0.15, 0.2) is 54.6 Å². The molecule has 0 atom stereocenters. The lowest BCUT2D eigenvalue weighted by Crippen LogP contribution is -2.38. The van der Waals surface area contributed by atoms with E-state index in [1.807, 2.05) is 30.3 Å². The number of morpholine rings is 1. The Labute approximate surface area is 193 Å². The Balaban J connectivity index is 1.58. The molecule has 5 nitrogen and oxygen atoms in total. The first kappa shape index (κ1) is 22.0. The molecule has 9 heteroatoms. The molecule has 0 N–H and O–H groups in total. The topological polar surface area (TPSA) is 39.5 Å². The van der Waals surface area contributed by atoms with Crippen molar-refractivity contribution < 1.29 is 22.6 Å². The molecular formula is C24H21ClF3N3O2. The number of alkyl halides is 3. The summed E-state index contributed by atoms with van der Waals surface area (Å²) in [6.45, 7) is 4.53. The molecule has 2 aromatic heterocycles. The highest BCUT2D eigenvalue weighted by Gasteiger charge is 2.31. The molecule has 3 heterocycles. The van der Waals surface area contributed by atoms with Crippen LogP contribution in [0.3, 0.4) is 0 Å². The fourth-order valence-corrected chi connectivity index (χ4v) is 4.44. The van der Waals surface area contributed by atoms with E-state index in [9.17, 15) is 13.2 Å². The van der Waals surface area contributed by atoms with Crippen LogP contribution in [0.1, 0.15) is 0 Å². The van der Waals surface area contributed by atoms with Crippen molar-refractivity contribution in [3.8, 4) is 17.1 Å². The van der Waals surface area contributed by atoms with Crippen molar-refractivity contribution in [3.05, 3.63) is 59.6 Å². The van der Waals surface area contributed by atoms with Crippen LogP contribution in [-0.4, -0.2) is 53.7 Å². The molecule has 0 unspecified atom stereocenters. The van der Waals surface area contributed by atoms with Gasteiger partial charge in [-0.3, -0.25) is 4.90 Å². The molecular weight excluding hydrogens is 455 g/mol. The molecule has 2 aromatic carbocycles. The molecule has 0 radical (unpaired) electrons. The molecule has 0 amide bonds. The third-order valence-corrected chi connectivity index (χ3v) is 6.09. The molecule has 5 rings (SSSR count). The first-order chi connectivity index (χ1) is 15.9. The van der Waals surface area contributed by atoms with Gasteiger partial charge in [0.05, 0.1) is 35.1 Å². The summed E-state index contributed by atoms with van der Waals surface area (Å²) in [6, 6.07) is 15.7. The summed E-state index contributed by atoms with van der Waals surface area (Å²) < 4.78 is 49.9. The molecule has 172 valence electrons. The Bertz CT molecular complexity index is 1300. The molecule has 33 heavy (non-hydrogen) atoms. The minimum Gasteiger partial charge on any atom is -0.406 e. The lowest BCUT2D eigenvalue weighted by atomic mass is 10.1. The van der Waals surface area contributed by atoms with Crippen LogP contribution in [0, 0.1) is 0 Å². The number of nitrogens with zero attached hydrogens (tertiary/aromatic N) is 3. The number of benzene rings is 2. The number of aromatic nitrogens is 2. The number of para-hydroxylation sites is 1. The van der Waals surface area contributed by atoms with Gasteiger partial charge in [-0.2, -0.15) is 0 Å². The molecule has 1 fully saturated rings. The normalized spacial score (nSPS) is 15.4. The van der Waals surface area contributed by atoms with E-state index < -0.39 is 6.36 Å². The summed E-state index contributed by atoms with van der Waals surface area (Å²) in [6.07, 6.45) is -4.74. The maximum atomic E-state index is 12.7. The monoisotopic (exact) mass is 475 g/mol. The van der Waals surface area contributed by atoms with Crippen LogP contribution in [0.25, 0.3) is 33.2 Å². The Kier molecular flexibility index (Phi) is 5.90. The number of hydrogen-bond acceptors (Lipinski definition) is 4. The van der Waals surface area contributed by atoms with Crippen molar-refractivity contribution >= 4 is 33.4 Å². The minimum absolute atomic E-state index is 0.249. The first-order valence-electron chi connectivity index (χ1n) is 10.6. The van der Waals surface area contributed by atoms with Crippen LogP contribution in [-0.2, 0) is 11.3 Å². The molecule has 0 spiro atoms. The lowest BCUT2D eigenvalue weighted by Gasteiger charge is -2.27. The van der Waals surface area contributed by atoms with Crippen molar-refractivity contribution in [1.29, 1.82) is 0 Å². The van der Waals surface area contributed by atoms with Gasteiger partial charge in [-0.05, 0) is 36.4 Å². The highest BCUT2D eigenvalue weighted by Crippen LogP contribution is 2.33. The average Bonchev–Trinajstić information content (AvgIpc) is 3.15. The Morgan fingerprint density at radius 3 is 2.58 bits per heavy atom. The minimum atomic E-state index is -4.74. The van der Waals surface area contributed by atoms with Crippen molar-refractivity contribution in [2.24, 2.45) is 0 Å². The Morgan fingerprint density at radius 1 is 0.970 bits per heavy atom. The molecule has 0 aliphatic carbocycles. The van der Waals surface area contributed by atoms with Crippen molar-refractivity contribution in [2.75, 3.05) is 32.8 Å². The number of ether oxygens (including phenoxy) is 2. The predicted octanol–water partition coefficient (Wildman–Crippen LogP) is 5.74. The number of hydrogen-bond donors (Lipinski definition) is 0. The van der Waals surface area contributed by atoms with E-state index in [2.05, 4.69) is 14.2 Å². The van der Waals surface area contributed by atoms with Gasteiger partial charge in [0, 0.05) is 42.5 Å². The summed E-state index contributed by atoms with van der Waals surface area (Å²) in [5, 5.41) is 2.11.